The SMILES string of the molecule is CCc1nn(C)c(CN[C@@H](C)c2ccncc2)c1Cl. The zero-order chi connectivity index (χ0) is 13.8. The van der Waals surface area contributed by atoms with Crippen molar-refractivity contribution in [3.63, 3.8) is 0 Å². The highest BCUT2D eigenvalue weighted by atomic mass is 35.5. The predicted octanol–water partition coefficient (Wildman–Crippen LogP) is 2.88. The molecule has 0 fully saturated rings. The smallest absolute Gasteiger partial charge is 0.0863 e. The van der Waals surface area contributed by atoms with E-state index in [0.717, 1.165) is 22.8 Å². The van der Waals surface area contributed by atoms with Crippen molar-refractivity contribution in [3.8, 4) is 0 Å². The van der Waals surface area contributed by atoms with Crippen LogP contribution in [0, 0.1) is 0 Å². The van der Waals surface area contributed by atoms with Gasteiger partial charge in [0.25, 0.3) is 0 Å². The number of nitrogens with zero attached hydrogens (tertiary/aromatic N) is 3. The van der Waals surface area contributed by atoms with Crippen LogP contribution < -0.4 is 5.32 Å². The number of aromatic nitrogens is 3. The van der Waals surface area contributed by atoms with Crippen molar-refractivity contribution in [2.45, 2.75) is 32.9 Å². The Morgan fingerprint density at radius 3 is 2.63 bits per heavy atom. The highest BCUT2D eigenvalue weighted by molar-refractivity contribution is 6.31. The quantitative estimate of drug-likeness (QED) is 0.914. The fraction of sp³-hybridized carbons (Fsp3) is 0.429. The van der Waals surface area contributed by atoms with Crippen LogP contribution in [-0.2, 0) is 20.0 Å². The van der Waals surface area contributed by atoms with Gasteiger partial charge in [-0.25, -0.2) is 0 Å². The Hall–Kier alpha value is -1.39. The molecule has 0 radical (unpaired) electrons. The van der Waals surface area contributed by atoms with Gasteiger partial charge in [0.2, 0.25) is 0 Å². The molecule has 1 atom stereocenters. The molecule has 2 aromatic heterocycles. The van der Waals surface area contributed by atoms with Crippen molar-refractivity contribution >= 4 is 11.6 Å². The molecule has 0 amide bonds. The minimum absolute atomic E-state index is 0.249. The number of nitrogens with one attached hydrogen (secondary N) is 1. The molecule has 0 bridgehead atoms. The molecule has 0 unspecified atom stereocenters. The second-order valence-electron chi connectivity index (χ2n) is 4.57. The summed E-state index contributed by atoms with van der Waals surface area (Å²) in [6.45, 7) is 4.89. The number of rotatable bonds is 5. The molecule has 0 spiro atoms. The van der Waals surface area contributed by atoms with Gasteiger partial charge < -0.3 is 5.32 Å². The predicted molar refractivity (Wildman–Crippen MR) is 77.1 cm³/mol. The van der Waals surface area contributed by atoms with Crippen molar-refractivity contribution in [1.29, 1.82) is 0 Å². The van der Waals surface area contributed by atoms with Gasteiger partial charge in [0.1, 0.15) is 0 Å². The van der Waals surface area contributed by atoms with E-state index in [4.69, 9.17) is 11.6 Å². The molecule has 2 aromatic rings. The van der Waals surface area contributed by atoms with Gasteiger partial charge in [-0.15, -0.1) is 0 Å². The largest absolute Gasteiger partial charge is 0.305 e. The summed E-state index contributed by atoms with van der Waals surface area (Å²) in [4.78, 5) is 4.03. The topological polar surface area (TPSA) is 42.7 Å². The molecule has 5 heteroatoms. The first kappa shape index (κ1) is 14.0. The van der Waals surface area contributed by atoms with Crippen LogP contribution in [-0.4, -0.2) is 14.8 Å². The van der Waals surface area contributed by atoms with Gasteiger partial charge >= 0.3 is 0 Å². The normalized spacial score (nSPS) is 12.6. The van der Waals surface area contributed by atoms with E-state index in [1.807, 2.05) is 23.9 Å². The second-order valence-corrected chi connectivity index (χ2v) is 4.95. The zero-order valence-electron chi connectivity index (χ0n) is 11.5. The first-order valence-corrected chi connectivity index (χ1v) is 6.84. The van der Waals surface area contributed by atoms with Crippen LogP contribution in [0.25, 0.3) is 0 Å². The van der Waals surface area contributed by atoms with Crippen LogP contribution in [0.15, 0.2) is 24.5 Å². The third kappa shape index (κ3) is 3.14. The van der Waals surface area contributed by atoms with E-state index in [2.05, 4.69) is 29.2 Å². The van der Waals surface area contributed by atoms with Crippen molar-refractivity contribution in [1.82, 2.24) is 20.1 Å². The fourth-order valence-electron chi connectivity index (χ4n) is 2.03. The Balaban J connectivity index is 2.05. The number of halogens is 1. The van der Waals surface area contributed by atoms with Crippen LogP contribution in [0.3, 0.4) is 0 Å². The van der Waals surface area contributed by atoms with Gasteiger partial charge in [-0.3, -0.25) is 9.67 Å². The summed E-state index contributed by atoms with van der Waals surface area (Å²) < 4.78 is 1.85. The summed E-state index contributed by atoms with van der Waals surface area (Å²) >= 11 is 6.33. The zero-order valence-corrected chi connectivity index (χ0v) is 12.3. The van der Waals surface area contributed by atoms with Crippen molar-refractivity contribution in [3.05, 3.63) is 46.5 Å². The van der Waals surface area contributed by atoms with Gasteiger partial charge in [0, 0.05) is 32.0 Å². The number of aryl methyl sites for hydroxylation is 2. The van der Waals surface area contributed by atoms with Crippen molar-refractivity contribution in [2.24, 2.45) is 7.05 Å². The molecule has 2 heterocycles. The van der Waals surface area contributed by atoms with Crippen LogP contribution >= 0.6 is 11.6 Å². The van der Waals surface area contributed by atoms with E-state index in [1.54, 1.807) is 12.4 Å². The van der Waals surface area contributed by atoms with Gasteiger partial charge in [-0.1, -0.05) is 18.5 Å². The third-order valence-electron chi connectivity index (χ3n) is 3.28. The first-order valence-electron chi connectivity index (χ1n) is 6.47. The Bertz CT molecular complexity index is 536. The van der Waals surface area contributed by atoms with E-state index < -0.39 is 0 Å². The maximum absolute atomic E-state index is 6.33. The van der Waals surface area contributed by atoms with Crippen LogP contribution in [0.5, 0.6) is 0 Å². The van der Waals surface area contributed by atoms with E-state index in [-0.39, 0.29) is 6.04 Å². The highest BCUT2D eigenvalue weighted by Gasteiger charge is 2.13. The lowest BCUT2D eigenvalue weighted by Gasteiger charge is -2.14. The van der Waals surface area contributed by atoms with Crippen LogP contribution in [0.4, 0.5) is 0 Å². The standard InChI is InChI=1S/C14H19ClN4/c1-4-12-14(15)13(19(3)18-12)9-17-10(2)11-5-7-16-8-6-11/h5-8,10,17H,4,9H2,1-3H3/t10-/m0/s1. The second kappa shape index (κ2) is 6.17. The Labute approximate surface area is 118 Å². The van der Waals surface area contributed by atoms with Gasteiger partial charge in [-0.05, 0) is 31.0 Å². The molecule has 102 valence electrons. The minimum atomic E-state index is 0.249. The molecular formula is C14H19ClN4. The summed E-state index contributed by atoms with van der Waals surface area (Å²) in [5.74, 6) is 0. The summed E-state index contributed by atoms with van der Waals surface area (Å²) in [7, 11) is 1.93. The molecule has 19 heavy (non-hydrogen) atoms. The molecular weight excluding hydrogens is 260 g/mol. The van der Waals surface area contributed by atoms with Gasteiger partial charge in [0.05, 0.1) is 16.4 Å². The van der Waals surface area contributed by atoms with Gasteiger partial charge in [0.15, 0.2) is 0 Å². The average molecular weight is 279 g/mol. The molecule has 0 saturated heterocycles. The lowest BCUT2D eigenvalue weighted by molar-refractivity contribution is 0.547. The average Bonchev–Trinajstić information content (AvgIpc) is 2.72. The van der Waals surface area contributed by atoms with Crippen LogP contribution in [0.2, 0.25) is 5.02 Å². The monoisotopic (exact) mass is 278 g/mol. The third-order valence-corrected chi connectivity index (χ3v) is 3.72. The summed E-state index contributed by atoms with van der Waals surface area (Å²) in [6.07, 6.45) is 4.46. The number of pyridine rings is 1. The molecule has 4 nitrogen and oxygen atoms in total. The lowest BCUT2D eigenvalue weighted by atomic mass is 10.1. The molecule has 0 aliphatic rings. The molecule has 0 saturated carbocycles. The minimum Gasteiger partial charge on any atom is -0.305 e. The maximum Gasteiger partial charge on any atom is 0.0863 e. The summed E-state index contributed by atoms with van der Waals surface area (Å²) in [6, 6.07) is 4.28. The number of hydrogen-bond donors (Lipinski definition) is 1. The van der Waals surface area contributed by atoms with E-state index in [0.29, 0.717) is 6.54 Å². The molecule has 2 rings (SSSR count). The maximum atomic E-state index is 6.33. The summed E-state index contributed by atoms with van der Waals surface area (Å²) in [5, 5.41) is 8.65. The first-order chi connectivity index (χ1) is 9.13. The number of hydrogen-bond acceptors (Lipinski definition) is 3. The van der Waals surface area contributed by atoms with E-state index >= 15 is 0 Å². The van der Waals surface area contributed by atoms with Gasteiger partial charge in [-0.2, -0.15) is 5.10 Å². The molecule has 0 aliphatic carbocycles. The fourth-order valence-corrected chi connectivity index (χ4v) is 2.39. The Kier molecular flexibility index (Phi) is 4.56. The molecule has 0 aliphatic heterocycles. The Morgan fingerprint density at radius 1 is 1.37 bits per heavy atom. The highest BCUT2D eigenvalue weighted by Crippen LogP contribution is 2.21. The van der Waals surface area contributed by atoms with Crippen molar-refractivity contribution in [2.75, 3.05) is 0 Å². The van der Waals surface area contributed by atoms with E-state index in [9.17, 15) is 0 Å². The molecule has 1 N–H and O–H groups in total. The van der Waals surface area contributed by atoms with Crippen LogP contribution in [0.1, 0.15) is 36.8 Å². The van der Waals surface area contributed by atoms with E-state index in [1.165, 1.54) is 5.56 Å². The molecule has 0 aromatic carbocycles. The Morgan fingerprint density at radius 2 is 2.05 bits per heavy atom. The summed E-state index contributed by atoms with van der Waals surface area (Å²) in [5.41, 5.74) is 3.20. The van der Waals surface area contributed by atoms with Crippen molar-refractivity contribution < 1.29 is 0 Å². The lowest BCUT2D eigenvalue weighted by Crippen LogP contribution is -2.20.